The Bertz CT molecular complexity index is 496. The van der Waals surface area contributed by atoms with Gasteiger partial charge in [0.2, 0.25) is 5.89 Å². The number of aliphatic hydroxyl groups excluding tert-OH is 1. The van der Waals surface area contributed by atoms with E-state index >= 15 is 0 Å². The van der Waals surface area contributed by atoms with E-state index in [1.807, 2.05) is 0 Å². The molecule has 1 N–H and O–H groups in total. The average molecular weight is 326 g/mol. The fourth-order valence-electron chi connectivity index (χ4n) is 2.50. The van der Waals surface area contributed by atoms with Gasteiger partial charge in [0.05, 0.1) is 6.54 Å². The maximum Gasteiger partial charge on any atom is 0.415 e. The van der Waals surface area contributed by atoms with E-state index in [4.69, 9.17) is 9.52 Å². The average Bonchev–Trinajstić information content (AvgIpc) is 2.94. The molecule has 0 unspecified atom stereocenters. The molecule has 1 aromatic heterocycles. The minimum atomic E-state index is -4.67. The van der Waals surface area contributed by atoms with Crippen molar-refractivity contribution in [2.24, 2.45) is 0 Å². The second kappa shape index (κ2) is 6.37. The highest BCUT2D eigenvalue weighted by atomic mass is 19.4. The van der Waals surface area contributed by atoms with Crippen LogP contribution in [0, 0.1) is 6.92 Å². The van der Waals surface area contributed by atoms with Crippen molar-refractivity contribution in [1.82, 2.24) is 15.1 Å². The van der Waals surface area contributed by atoms with Crippen LogP contribution in [0.5, 0.6) is 0 Å². The summed E-state index contributed by atoms with van der Waals surface area (Å²) in [6.45, 7) is 1.23. The first kappa shape index (κ1) is 16.9. The van der Waals surface area contributed by atoms with Gasteiger partial charge in [0, 0.05) is 32.5 Å². The van der Waals surface area contributed by atoms with E-state index in [-0.39, 0.29) is 31.6 Å². The molecule has 2 heterocycles. The minimum Gasteiger partial charge on any atom is -0.408 e. The smallest absolute Gasteiger partial charge is 0.408 e. The van der Waals surface area contributed by atoms with Gasteiger partial charge in [0.1, 0.15) is 6.17 Å². The summed E-state index contributed by atoms with van der Waals surface area (Å²) in [6.07, 6.45) is -8.05. The second-order valence-electron chi connectivity index (χ2n) is 5.52. The van der Waals surface area contributed by atoms with E-state index in [0.717, 1.165) is 0 Å². The number of anilines is 1. The van der Waals surface area contributed by atoms with Gasteiger partial charge in [-0.15, -0.1) is 5.10 Å². The Labute approximate surface area is 124 Å². The van der Waals surface area contributed by atoms with E-state index in [2.05, 4.69) is 10.2 Å². The molecule has 1 aromatic rings. The summed E-state index contributed by atoms with van der Waals surface area (Å²) < 4.78 is 55.9. The number of aliphatic hydroxyl groups is 1. The summed E-state index contributed by atoms with van der Waals surface area (Å²) in [5.41, 5.74) is 0. The van der Waals surface area contributed by atoms with E-state index in [1.165, 1.54) is 11.9 Å². The fraction of sp³-hybridized carbons (Fsp3) is 0.833. The van der Waals surface area contributed by atoms with Crippen LogP contribution in [0.25, 0.3) is 0 Å². The lowest BCUT2D eigenvalue weighted by molar-refractivity contribution is -0.207. The van der Waals surface area contributed by atoms with E-state index in [1.54, 1.807) is 11.8 Å². The van der Waals surface area contributed by atoms with Gasteiger partial charge in [0.25, 0.3) is 0 Å². The molecular formula is C12H18F4N4O2. The minimum absolute atomic E-state index is 0.0575. The van der Waals surface area contributed by atoms with E-state index in [0.29, 0.717) is 5.89 Å². The number of likely N-dealkylation sites (N-methyl/N-ethyl adjacent to an activating group) is 1. The molecule has 0 aromatic carbocycles. The topological polar surface area (TPSA) is 65.6 Å². The van der Waals surface area contributed by atoms with Gasteiger partial charge in [-0.05, 0) is 7.05 Å². The number of aromatic nitrogens is 2. The maximum atomic E-state index is 13.6. The highest BCUT2D eigenvalue weighted by molar-refractivity contribution is 5.30. The molecule has 0 aliphatic carbocycles. The lowest BCUT2D eigenvalue weighted by atomic mass is 10.2. The molecule has 3 atom stereocenters. The monoisotopic (exact) mass is 326 g/mol. The molecule has 22 heavy (non-hydrogen) atoms. The van der Waals surface area contributed by atoms with Crippen LogP contribution in [-0.4, -0.2) is 71.4 Å². The lowest BCUT2D eigenvalue weighted by Crippen LogP contribution is -2.45. The number of halogens is 4. The third-order valence-corrected chi connectivity index (χ3v) is 3.51. The number of hydrogen-bond donors (Lipinski definition) is 1. The van der Waals surface area contributed by atoms with Crippen molar-refractivity contribution in [3.8, 4) is 0 Å². The summed E-state index contributed by atoms with van der Waals surface area (Å²) in [7, 11) is 1.44. The molecule has 1 aliphatic rings. The van der Waals surface area contributed by atoms with Crippen molar-refractivity contribution in [3.63, 3.8) is 0 Å². The Hall–Kier alpha value is -1.42. The highest BCUT2D eigenvalue weighted by Gasteiger charge is 2.40. The zero-order valence-electron chi connectivity index (χ0n) is 12.2. The summed E-state index contributed by atoms with van der Waals surface area (Å²) in [5, 5.41) is 16.6. The Balaban J connectivity index is 1.98. The van der Waals surface area contributed by atoms with Gasteiger partial charge in [-0.1, -0.05) is 5.10 Å². The molecule has 1 aliphatic heterocycles. The van der Waals surface area contributed by atoms with Crippen molar-refractivity contribution in [2.45, 2.75) is 37.8 Å². The van der Waals surface area contributed by atoms with Crippen LogP contribution in [0.2, 0.25) is 0 Å². The Morgan fingerprint density at radius 1 is 1.45 bits per heavy atom. The molecule has 0 amide bonds. The van der Waals surface area contributed by atoms with Crippen molar-refractivity contribution in [2.75, 3.05) is 31.6 Å². The quantitative estimate of drug-likeness (QED) is 0.819. The van der Waals surface area contributed by atoms with Crippen LogP contribution in [0.15, 0.2) is 4.42 Å². The maximum absolute atomic E-state index is 13.6. The normalized spacial score (nSPS) is 24.3. The molecule has 10 heteroatoms. The Morgan fingerprint density at radius 3 is 2.68 bits per heavy atom. The molecule has 0 spiro atoms. The first-order valence-corrected chi connectivity index (χ1v) is 6.81. The van der Waals surface area contributed by atoms with Gasteiger partial charge >= 0.3 is 12.2 Å². The van der Waals surface area contributed by atoms with Gasteiger partial charge in [0.15, 0.2) is 6.10 Å². The molecular weight excluding hydrogens is 308 g/mol. The van der Waals surface area contributed by atoms with Crippen LogP contribution >= 0.6 is 0 Å². The van der Waals surface area contributed by atoms with Gasteiger partial charge in [-0.25, -0.2) is 4.39 Å². The van der Waals surface area contributed by atoms with E-state index < -0.39 is 25.0 Å². The zero-order valence-corrected chi connectivity index (χ0v) is 12.2. The van der Waals surface area contributed by atoms with Gasteiger partial charge in [-0.2, -0.15) is 13.2 Å². The first-order chi connectivity index (χ1) is 10.2. The van der Waals surface area contributed by atoms with Crippen molar-refractivity contribution in [3.05, 3.63) is 5.89 Å². The summed E-state index contributed by atoms with van der Waals surface area (Å²) in [5.74, 6) is 0.330. The van der Waals surface area contributed by atoms with E-state index in [9.17, 15) is 17.6 Å². The zero-order chi connectivity index (χ0) is 16.5. The molecule has 0 bridgehead atoms. The van der Waals surface area contributed by atoms with Gasteiger partial charge < -0.3 is 19.3 Å². The van der Waals surface area contributed by atoms with Crippen LogP contribution < -0.4 is 4.90 Å². The highest BCUT2D eigenvalue weighted by Crippen LogP contribution is 2.27. The molecule has 2 rings (SSSR count). The fourth-order valence-corrected chi connectivity index (χ4v) is 2.50. The molecule has 1 fully saturated rings. The van der Waals surface area contributed by atoms with Crippen LogP contribution in [-0.2, 0) is 0 Å². The van der Waals surface area contributed by atoms with Crippen LogP contribution in [0.1, 0.15) is 12.3 Å². The number of hydrogen-bond acceptors (Lipinski definition) is 6. The Kier molecular flexibility index (Phi) is 4.90. The predicted molar refractivity (Wildman–Crippen MR) is 69.2 cm³/mol. The Morgan fingerprint density at radius 2 is 2.14 bits per heavy atom. The third kappa shape index (κ3) is 4.07. The van der Waals surface area contributed by atoms with Gasteiger partial charge in [-0.3, -0.25) is 0 Å². The van der Waals surface area contributed by atoms with Crippen LogP contribution in [0.3, 0.4) is 0 Å². The third-order valence-electron chi connectivity index (χ3n) is 3.51. The summed E-state index contributed by atoms with van der Waals surface area (Å²) in [4.78, 5) is 2.87. The van der Waals surface area contributed by atoms with Crippen molar-refractivity contribution < 1.29 is 27.1 Å². The first-order valence-electron chi connectivity index (χ1n) is 6.81. The van der Waals surface area contributed by atoms with Crippen molar-refractivity contribution >= 4 is 6.01 Å². The summed E-state index contributed by atoms with van der Waals surface area (Å²) in [6, 6.07) is -0.229. The molecule has 126 valence electrons. The largest absolute Gasteiger partial charge is 0.415 e. The second-order valence-corrected chi connectivity index (χ2v) is 5.52. The summed E-state index contributed by atoms with van der Waals surface area (Å²) >= 11 is 0. The molecule has 1 saturated heterocycles. The van der Waals surface area contributed by atoms with Crippen LogP contribution in [0.4, 0.5) is 23.6 Å². The lowest BCUT2D eigenvalue weighted by Gasteiger charge is -2.28. The number of aryl methyl sites for hydroxylation is 1. The molecule has 0 saturated carbocycles. The number of alkyl halides is 4. The van der Waals surface area contributed by atoms with Crippen molar-refractivity contribution in [1.29, 1.82) is 0 Å². The number of rotatable bonds is 5. The molecule has 6 nitrogen and oxygen atoms in total. The number of nitrogens with zero attached hydrogens (tertiary/aromatic N) is 4. The molecule has 0 radical (unpaired) electrons. The SMILES string of the molecule is Cc1nnc(N2C[C@@H](F)C[C@H]2CN(C)C[C@@H](O)C(F)(F)F)o1. The standard InChI is InChI=1S/C12H18F4N4O2/c1-7-17-18-11(22-7)20-4-8(13)3-9(20)5-19(2)6-10(21)12(14,15)16/h8-10,21H,3-6H2,1-2H3/t8-,9-,10+/m0/s1. The predicted octanol–water partition coefficient (Wildman–Crippen LogP) is 1.15.